The van der Waals surface area contributed by atoms with Gasteiger partial charge in [0, 0.05) is 18.7 Å². The third-order valence-corrected chi connectivity index (χ3v) is 4.65. The molecule has 3 aromatic rings. The van der Waals surface area contributed by atoms with Crippen molar-refractivity contribution in [2.24, 2.45) is 0 Å². The van der Waals surface area contributed by atoms with Crippen LogP contribution in [-0.4, -0.2) is 28.4 Å². The molecular weight excluding hydrogens is 318 g/mol. The van der Waals surface area contributed by atoms with E-state index in [1.165, 1.54) is 11.1 Å². The van der Waals surface area contributed by atoms with Gasteiger partial charge in [0.15, 0.2) is 11.5 Å². The Balaban J connectivity index is 1.32. The van der Waals surface area contributed by atoms with Crippen molar-refractivity contribution in [1.82, 2.24) is 15.1 Å². The zero-order valence-corrected chi connectivity index (χ0v) is 13.6. The topological polar surface area (TPSA) is 60.6 Å². The molecule has 126 valence electrons. The Labute approximate surface area is 145 Å². The summed E-state index contributed by atoms with van der Waals surface area (Å²) in [6, 6.07) is 14.2. The second kappa shape index (κ2) is 5.89. The van der Waals surface area contributed by atoms with Crippen LogP contribution in [0.3, 0.4) is 0 Å². The first-order valence-corrected chi connectivity index (χ1v) is 8.37. The molecule has 2 aliphatic rings. The highest BCUT2D eigenvalue weighted by Crippen LogP contribution is 2.35. The Morgan fingerprint density at radius 2 is 1.84 bits per heavy atom. The second-order valence-corrected chi connectivity index (χ2v) is 6.30. The molecule has 0 N–H and O–H groups in total. The van der Waals surface area contributed by atoms with E-state index in [0.29, 0.717) is 24.1 Å². The molecule has 0 fully saturated rings. The summed E-state index contributed by atoms with van der Waals surface area (Å²) >= 11 is 0. The molecule has 25 heavy (non-hydrogen) atoms. The first-order chi connectivity index (χ1) is 12.3. The van der Waals surface area contributed by atoms with Crippen molar-refractivity contribution in [2.45, 2.75) is 19.5 Å². The summed E-state index contributed by atoms with van der Waals surface area (Å²) in [6.45, 7) is 2.83. The predicted octanol–water partition coefficient (Wildman–Crippen LogP) is 3.02. The molecule has 0 atom stereocenters. The highest BCUT2D eigenvalue weighted by atomic mass is 16.7. The molecule has 5 rings (SSSR count). The number of fused-ring (bicyclic) bond motifs is 2. The summed E-state index contributed by atoms with van der Waals surface area (Å²) in [4.78, 5) is 2.33. The summed E-state index contributed by atoms with van der Waals surface area (Å²) in [6.07, 6.45) is 1.05. The fourth-order valence-electron chi connectivity index (χ4n) is 3.34. The van der Waals surface area contributed by atoms with Crippen molar-refractivity contribution in [3.63, 3.8) is 0 Å². The molecule has 0 spiro atoms. The first kappa shape index (κ1) is 14.5. The lowest BCUT2D eigenvalue weighted by Gasteiger charge is -2.27. The highest BCUT2D eigenvalue weighted by Gasteiger charge is 2.20. The second-order valence-electron chi connectivity index (χ2n) is 6.30. The molecule has 0 radical (unpaired) electrons. The van der Waals surface area contributed by atoms with Crippen molar-refractivity contribution >= 4 is 0 Å². The monoisotopic (exact) mass is 335 g/mol. The molecule has 0 saturated heterocycles. The fourth-order valence-corrected chi connectivity index (χ4v) is 3.34. The van der Waals surface area contributed by atoms with Crippen LogP contribution in [0.2, 0.25) is 0 Å². The van der Waals surface area contributed by atoms with Crippen LogP contribution in [0.4, 0.5) is 0 Å². The van der Waals surface area contributed by atoms with Gasteiger partial charge in [-0.2, -0.15) is 0 Å². The summed E-state index contributed by atoms with van der Waals surface area (Å²) in [7, 11) is 0. The van der Waals surface area contributed by atoms with Crippen LogP contribution in [0.25, 0.3) is 11.5 Å². The summed E-state index contributed by atoms with van der Waals surface area (Å²) < 4.78 is 16.6. The van der Waals surface area contributed by atoms with Crippen molar-refractivity contribution in [3.8, 4) is 23.0 Å². The van der Waals surface area contributed by atoms with E-state index >= 15 is 0 Å². The minimum Gasteiger partial charge on any atom is -0.454 e. The van der Waals surface area contributed by atoms with Gasteiger partial charge in [0.1, 0.15) is 0 Å². The zero-order valence-electron chi connectivity index (χ0n) is 13.6. The average molecular weight is 335 g/mol. The van der Waals surface area contributed by atoms with Crippen LogP contribution in [0, 0.1) is 0 Å². The van der Waals surface area contributed by atoms with Gasteiger partial charge in [-0.3, -0.25) is 4.90 Å². The number of rotatable bonds is 3. The van der Waals surface area contributed by atoms with Crippen LogP contribution >= 0.6 is 0 Å². The summed E-state index contributed by atoms with van der Waals surface area (Å²) in [5.74, 6) is 2.60. The predicted molar refractivity (Wildman–Crippen MR) is 90.1 cm³/mol. The molecule has 6 heteroatoms. The van der Waals surface area contributed by atoms with Crippen molar-refractivity contribution < 1.29 is 13.9 Å². The van der Waals surface area contributed by atoms with Gasteiger partial charge in [0.25, 0.3) is 0 Å². The van der Waals surface area contributed by atoms with E-state index in [4.69, 9.17) is 13.9 Å². The lowest BCUT2D eigenvalue weighted by molar-refractivity contribution is 0.174. The van der Waals surface area contributed by atoms with Gasteiger partial charge in [-0.05, 0) is 35.7 Å². The minimum absolute atomic E-state index is 0.254. The average Bonchev–Trinajstić information content (AvgIpc) is 3.30. The minimum atomic E-state index is 0.254. The van der Waals surface area contributed by atoms with Gasteiger partial charge >= 0.3 is 0 Å². The third kappa shape index (κ3) is 2.74. The number of benzene rings is 2. The largest absolute Gasteiger partial charge is 0.454 e. The van der Waals surface area contributed by atoms with Crippen LogP contribution in [-0.2, 0) is 19.5 Å². The van der Waals surface area contributed by atoms with E-state index in [-0.39, 0.29) is 6.79 Å². The van der Waals surface area contributed by atoms with Gasteiger partial charge in [-0.15, -0.1) is 10.2 Å². The van der Waals surface area contributed by atoms with Crippen molar-refractivity contribution in [1.29, 1.82) is 0 Å². The van der Waals surface area contributed by atoms with Crippen LogP contribution in [0.1, 0.15) is 17.0 Å². The number of hydrogen-bond acceptors (Lipinski definition) is 6. The molecule has 1 aromatic heterocycles. The van der Waals surface area contributed by atoms with Gasteiger partial charge in [0.05, 0.1) is 6.54 Å². The van der Waals surface area contributed by atoms with Gasteiger partial charge in [-0.25, -0.2) is 0 Å². The molecule has 2 aliphatic heterocycles. The Kier molecular flexibility index (Phi) is 3.41. The highest BCUT2D eigenvalue weighted by molar-refractivity contribution is 5.60. The van der Waals surface area contributed by atoms with E-state index < -0.39 is 0 Å². The SMILES string of the molecule is c1ccc2c(c1)CCN(Cc1nnc(-c3ccc4c(c3)OCO4)o1)C2. The fraction of sp³-hybridized carbons (Fsp3) is 0.263. The molecule has 6 nitrogen and oxygen atoms in total. The molecule has 0 unspecified atom stereocenters. The first-order valence-electron chi connectivity index (χ1n) is 8.37. The molecule has 0 saturated carbocycles. The number of hydrogen-bond donors (Lipinski definition) is 0. The maximum Gasteiger partial charge on any atom is 0.247 e. The number of aromatic nitrogens is 2. The molecule has 0 amide bonds. The van der Waals surface area contributed by atoms with E-state index in [0.717, 1.165) is 30.8 Å². The quantitative estimate of drug-likeness (QED) is 0.733. The number of ether oxygens (including phenoxy) is 2. The lowest BCUT2D eigenvalue weighted by atomic mass is 10.00. The maximum absolute atomic E-state index is 5.86. The van der Waals surface area contributed by atoms with Crippen molar-refractivity contribution in [2.75, 3.05) is 13.3 Å². The molecule has 0 bridgehead atoms. The van der Waals surface area contributed by atoms with Crippen LogP contribution in [0.15, 0.2) is 46.9 Å². The molecular formula is C19H17N3O3. The molecule has 2 aromatic carbocycles. The smallest absolute Gasteiger partial charge is 0.247 e. The normalized spacial score (nSPS) is 16.0. The summed E-state index contributed by atoms with van der Waals surface area (Å²) in [5.41, 5.74) is 3.65. The van der Waals surface area contributed by atoms with Crippen molar-refractivity contribution in [3.05, 3.63) is 59.5 Å². The Morgan fingerprint density at radius 3 is 2.80 bits per heavy atom. The maximum atomic E-state index is 5.86. The molecule has 0 aliphatic carbocycles. The Morgan fingerprint density at radius 1 is 0.960 bits per heavy atom. The van der Waals surface area contributed by atoms with Gasteiger partial charge in [-0.1, -0.05) is 24.3 Å². The van der Waals surface area contributed by atoms with E-state index in [2.05, 4.69) is 39.4 Å². The molecule has 3 heterocycles. The Hall–Kier alpha value is -2.86. The van der Waals surface area contributed by atoms with E-state index in [9.17, 15) is 0 Å². The van der Waals surface area contributed by atoms with E-state index in [1.54, 1.807) is 0 Å². The number of nitrogens with zero attached hydrogens (tertiary/aromatic N) is 3. The summed E-state index contributed by atoms with van der Waals surface area (Å²) in [5, 5.41) is 8.39. The van der Waals surface area contributed by atoms with Gasteiger partial charge < -0.3 is 13.9 Å². The van der Waals surface area contributed by atoms with Crippen LogP contribution < -0.4 is 9.47 Å². The Bertz CT molecular complexity index is 922. The van der Waals surface area contributed by atoms with E-state index in [1.807, 2.05) is 18.2 Å². The zero-order chi connectivity index (χ0) is 16.6. The standard InChI is InChI=1S/C19H17N3O3/c1-2-4-15-10-22(8-7-13(15)3-1)11-18-20-21-19(25-18)14-5-6-16-17(9-14)24-12-23-16/h1-6,9H,7-8,10-12H2. The van der Waals surface area contributed by atoms with Gasteiger partial charge in [0.2, 0.25) is 18.6 Å². The third-order valence-electron chi connectivity index (χ3n) is 4.65. The lowest BCUT2D eigenvalue weighted by Crippen LogP contribution is -2.30. The van der Waals surface area contributed by atoms with Crippen LogP contribution in [0.5, 0.6) is 11.5 Å².